The second kappa shape index (κ2) is 4.21. The highest BCUT2D eigenvalue weighted by atomic mass is 16.8. The first kappa shape index (κ1) is 12.2. The molecule has 6 nitrogen and oxygen atoms in total. The lowest BCUT2D eigenvalue weighted by atomic mass is 9.97. The SMILES string of the molecule is CO[C@H]1O[C@@H]2COC(C)(C)O[C@H]2[C@H](O)[C@@H]1O. The Kier molecular flexibility index (Phi) is 3.22. The number of aliphatic hydroxyl groups excluding tert-OH is 2. The average molecular weight is 234 g/mol. The van der Waals surface area contributed by atoms with Crippen LogP contribution in [0.5, 0.6) is 0 Å². The highest BCUT2D eigenvalue weighted by molar-refractivity contribution is 4.93. The van der Waals surface area contributed by atoms with Gasteiger partial charge in [-0.05, 0) is 13.8 Å². The fourth-order valence-electron chi connectivity index (χ4n) is 2.02. The molecule has 0 aromatic carbocycles. The molecule has 0 aromatic heterocycles. The van der Waals surface area contributed by atoms with Gasteiger partial charge < -0.3 is 29.2 Å². The minimum absolute atomic E-state index is 0.307. The van der Waals surface area contributed by atoms with E-state index in [1.807, 2.05) is 0 Å². The van der Waals surface area contributed by atoms with Gasteiger partial charge in [-0.2, -0.15) is 0 Å². The van der Waals surface area contributed by atoms with E-state index in [-0.39, 0.29) is 0 Å². The van der Waals surface area contributed by atoms with Crippen molar-refractivity contribution in [3.05, 3.63) is 0 Å². The number of hydrogen-bond acceptors (Lipinski definition) is 6. The molecule has 2 aliphatic rings. The summed E-state index contributed by atoms with van der Waals surface area (Å²) in [5.74, 6) is -0.773. The molecule has 0 unspecified atom stereocenters. The summed E-state index contributed by atoms with van der Waals surface area (Å²) in [4.78, 5) is 0. The first-order valence-corrected chi connectivity index (χ1v) is 5.31. The molecule has 2 N–H and O–H groups in total. The smallest absolute Gasteiger partial charge is 0.186 e. The van der Waals surface area contributed by atoms with Crippen LogP contribution in [-0.2, 0) is 18.9 Å². The molecule has 5 atom stereocenters. The summed E-state index contributed by atoms with van der Waals surface area (Å²) in [5.41, 5.74) is 0. The Morgan fingerprint density at radius 1 is 1.25 bits per heavy atom. The molecule has 2 saturated heterocycles. The van der Waals surface area contributed by atoms with Gasteiger partial charge in [-0.25, -0.2) is 0 Å². The minimum atomic E-state index is -1.11. The Hall–Kier alpha value is -0.240. The summed E-state index contributed by atoms with van der Waals surface area (Å²) >= 11 is 0. The van der Waals surface area contributed by atoms with Crippen molar-refractivity contribution in [2.45, 2.75) is 50.3 Å². The molecule has 0 spiro atoms. The van der Waals surface area contributed by atoms with E-state index in [9.17, 15) is 10.2 Å². The third kappa shape index (κ3) is 2.09. The summed E-state index contributed by atoms with van der Waals surface area (Å²) < 4.78 is 21.3. The second-order valence-corrected chi connectivity index (χ2v) is 4.55. The van der Waals surface area contributed by atoms with Gasteiger partial charge in [0.2, 0.25) is 0 Å². The van der Waals surface area contributed by atoms with E-state index in [1.165, 1.54) is 7.11 Å². The first-order chi connectivity index (χ1) is 7.44. The van der Waals surface area contributed by atoms with Crippen molar-refractivity contribution in [1.29, 1.82) is 0 Å². The molecule has 0 amide bonds. The Morgan fingerprint density at radius 2 is 1.94 bits per heavy atom. The molecule has 2 heterocycles. The van der Waals surface area contributed by atoms with Gasteiger partial charge in [0.15, 0.2) is 12.1 Å². The number of rotatable bonds is 1. The zero-order valence-corrected chi connectivity index (χ0v) is 9.62. The number of fused-ring (bicyclic) bond motifs is 1. The quantitative estimate of drug-likeness (QED) is 0.620. The van der Waals surface area contributed by atoms with E-state index in [2.05, 4.69) is 0 Å². The summed E-state index contributed by atoms with van der Waals surface area (Å²) in [6.07, 6.45) is -4.00. The van der Waals surface area contributed by atoms with E-state index in [4.69, 9.17) is 18.9 Å². The van der Waals surface area contributed by atoms with Crippen LogP contribution in [0.15, 0.2) is 0 Å². The van der Waals surface area contributed by atoms with Crippen molar-refractivity contribution in [2.24, 2.45) is 0 Å². The van der Waals surface area contributed by atoms with Crippen LogP contribution >= 0.6 is 0 Å². The highest BCUT2D eigenvalue weighted by Gasteiger charge is 2.50. The molecule has 0 aromatic rings. The summed E-state index contributed by atoms with van der Waals surface area (Å²) in [6.45, 7) is 3.82. The van der Waals surface area contributed by atoms with Crippen LogP contribution in [0.1, 0.15) is 13.8 Å². The molecule has 0 radical (unpaired) electrons. The third-order valence-corrected chi connectivity index (χ3v) is 2.89. The summed E-state index contributed by atoms with van der Waals surface area (Å²) in [6, 6.07) is 0. The highest BCUT2D eigenvalue weighted by Crippen LogP contribution is 2.32. The molecular formula is C10H18O6. The van der Waals surface area contributed by atoms with Gasteiger partial charge in [-0.3, -0.25) is 0 Å². The molecule has 2 rings (SSSR count). The fraction of sp³-hybridized carbons (Fsp3) is 1.00. The number of ether oxygens (including phenoxy) is 4. The molecule has 0 saturated carbocycles. The van der Waals surface area contributed by atoms with Crippen molar-refractivity contribution in [1.82, 2.24) is 0 Å². The molecule has 16 heavy (non-hydrogen) atoms. The van der Waals surface area contributed by atoms with Gasteiger partial charge in [0, 0.05) is 7.11 Å². The number of aliphatic hydroxyl groups is 2. The van der Waals surface area contributed by atoms with E-state index >= 15 is 0 Å². The zero-order chi connectivity index (χ0) is 11.9. The van der Waals surface area contributed by atoms with Gasteiger partial charge in [0.25, 0.3) is 0 Å². The minimum Gasteiger partial charge on any atom is -0.387 e. The Morgan fingerprint density at radius 3 is 2.56 bits per heavy atom. The predicted molar refractivity (Wildman–Crippen MR) is 52.6 cm³/mol. The first-order valence-electron chi connectivity index (χ1n) is 5.31. The number of methoxy groups -OCH3 is 1. The van der Waals surface area contributed by atoms with E-state index in [0.29, 0.717) is 6.61 Å². The standard InChI is InChI=1S/C10H18O6/c1-10(2)14-4-5-8(16-10)6(11)7(12)9(13-3)15-5/h5-9,11-12H,4H2,1-3H3/t5-,6-,7+,8-,9+/m1/s1. The van der Waals surface area contributed by atoms with Crippen molar-refractivity contribution in [3.63, 3.8) is 0 Å². The fourth-order valence-corrected chi connectivity index (χ4v) is 2.02. The van der Waals surface area contributed by atoms with Crippen molar-refractivity contribution >= 4 is 0 Å². The second-order valence-electron chi connectivity index (χ2n) is 4.55. The third-order valence-electron chi connectivity index (χ3n) is 2.89. The Labute approximate surface area is 94.1 Å². The topological polar surface area (TPSA) is 77.4 Å². The normalized spacial score (nSPS) is 47.4. The van der Waals surface area contributed by atoms with Gasteiger partial charge in [0.05, 0.1) is 6.61 Å². The van der Waals surface area contributed by atoms with Crippen LogP contribution in [0.4, 0.5) is 0 Å². The zero-order valence-electron chi connectivity index (χ0n) is 9.62. The van der Waals surface area contributed by atoms with Crippen LogP contribution in [-0.4, -0.2) is 60.4 Å². The number of hydrogen-bond donors (Lipinski definition) is 2. The maximum Gasteiger partial charge on any atom is 0.186 e. The molecule has 2 fully saturated rings. The Balaban J connectivity index is 2.11. The van der Waals surface area contributed by atoms with Crippen molar-refractivity contribution < 1.29 is 29.2 Å². The van der Waals surface area contributed by atoms with Crippen LogP contribution in [0, 0.1) is 0 Å². The largest absolute Gasteiger partial charge is 0.387 e. The van der Waals surface area contributed by atoms with E-state index in [1.54, 1.807) is 13.8 Å². The maximum absolute atomic E-state index is 9.92. The van der Waals surface area contributed by atoms with Crippen LogP contribution in [0.3, 0.4) is 0 Å². The molecular weight excluding hydrogens is 216 g/mol. The average Bonchev–Trinajstić information content (AvgIpc) is 2.23. The van der Waals surface area contributed by atoms with Crippen LogP contribution in [0.25, 0.3) is 0 Å². The van der Waals surface area contributed by atoms with Gasteiger partial charge in [0.1, 0.15) is 24.4 Å². The van der Waals surface area contributed by atoms with Gasteiger partial charge in [-0.15, -0.1) is 0 Å². The van der Waals surface area contributed by atoms with Crippen molar-refractivity contribution in [3.8, 4) is 0 Å². The predicted octanol–water partition coefficient (Wildman–Crippen LogP) is -0.769. The van der Waals surface area contributed by atoms with Crippen molar-refractivity contribution in [2.75, 3.05) is 13.7 Å². The van der Waals surface area contributed by atoms with Gasteiger partial charge in [-0.1, -0.05) is 0 Å². The lowest BCUT2D eigenvalue weighted by molar-refractivity contribution is -0.379. The lowest BCUT2D eigenvalue weighted by Crippen LogP contribution is -2.64. The van der Waals surface area contributed by atoms with E-state index < -0.39 is 36.5 Å². The van der Waals surface area contributed by atoms with Gasteiger partial charge >= 0.3 is 0 Å². The Bertz CT molecular complexity index is 254. The van der Waals surface area contributed by atoms with Crippen LogP contribution < -0.4 is 0 Å². The molecule has 2 aliphatic heterocycles. The summed E-state index contributed by atoms with van der Waals surface area (Å²) in [5, 5.41) is 19.6. The molecule has 0 bridgehead atoms. The monoisotopic (exact) mass is 234 g/mol. The maximum atomic E-state index is 9.92. The molecule has 94 valence electrons. The summed E-state index contributed by atoms with van der Waals surface area (Å²) in [7, 11) is 1.41. The molecule has 0 aliphatic carbocycles. The van der Waals surface area contributed by atoms with Crippen LogP contribution in [0.2, 0.25) is 0 Å². The van der Waals surface area contributed by atoms with E-state index in [0.717, 1.165) is 0 Å². The molecule has 6 heteroatoms. The lowest BCUT2D eigenvalue weighted by Gasteiger charge is -2.48.